The van der Waals surface area contributed by atoms with Gasteiger partial charge >= 0.3 is 0 Å². The van der Waals surface area contributed by atoms with Crippen molar-refractivity contribution in [1.29, 1.82) is 0 Å². The van der Waals surface area contributed by atoms with Crippen molar-refractivity contribution in [2.45, 2.75) is 32.4 Å². The maximum absolute atomic E-state index is 12.2. The van der Waals surface area contributed by atoms with E-state index in [0.717, 1.165) is 5.56 Å². The lowest BCUT2D eigenvalue weighted by Crippen LogP contribution is -2.43. The van der Waals surface area contributed by atoms with E-state index in [1.807, 2.05) is 20.2 Å². The number of hydrogen-bond donors (Lipinski definition) is 1. The second-order valence-electron chi connectivity index (χ2n) is 4.56. The van der Waals surface area contributed by atoms with E-state index < -0.39 is 6.04 Å². The van der Waals surface area contributed by atoms with Gasteiger partial charge in [0.05, 0.1) is 6.20 Å². The standard InChI is InChI=1S/C12H18N4O2/c1-3-10-12(18)16(5-4-11(17)14-10)8-9-6-13-15(2)7-9/h6-7,10H,3-5,8H2,1-2H3,(H,14,17). The zero-order chi connectivity index (χ0) is 13.1. The molecule has 98 valence electrons. The van der Waals surface area contributed by atoms with Crippen molar-refractivity contribution in [2.24, 2.45) is 7.05 Å². The monoisotopic (exact) mass is 250 g/mol. The van der Waals surface area contributed by atoms with Gasteiger partial charge in [-0.2, -0.15) is 5.10 Å². The lowest BCUT2D eigenvalue weighted by Gasteiger charge is -2.22. The Morgan fingerprint density at radius 2 is 2.28 bits per heavy atom. The molecular weight excluding hydrogens is 232 g/mol. The smallest absolute Gasteiger partial charge is 0.245 e. The van der Waals surface area contributed by atoms with Gasteiger partial charge in [-0.25, -0.2) is 0 Å². The summed E-state index contributed by atoms with van der Waals surface area (Å²) in [4.78, 5) is 25.4. The van der Waals surface area contributed by atoms with Crippen LogP contribution < -0.4 is 5.32 Å². The van der Waals surface area contributed by atoms with Crippen molar-refractivity contribution in [3.8, 4) is 0 Å². The number of carbonyl (C=O) groups is 2. The Morgan fingerprint density at radius 3 is 2.89 bits per heavy atom. The minimum atomic E-state index is -0.392. The number of aromatic nitrogens is 2. The van der Waals surface area contributed by atoms with Gasteiger partial charge in [0.15, 0.2) is 0 Å². The van der Waals surface area contributed by atoms with Crippen molar-refractivity contribution in [3.05, 3.63) is 18.0 Å². The molecule has 1 fully saturated rings. The van der Waals surface area contributed by atoms with Gasteiger partial charge in [0, 0.05) is 38.3 Å². The topological polar surface area (TPSA) is 67.2 Å². The molecule has 2 amide bonds. The molecule has 2 heterocycles. The van der Waals surface area contributed by atoms with Crippen LogP contribution in [0.25, 0.3) is 0 Å². The normalized spacial score (nSPS) is 20.8. The van der Waals surface area contributed by atoms with Crippen LogP contribution in [0.5, 0.6) is 0 Å². The molecule has 1 N–H and O–H groups in total. The third kappa shape index (κ3) is 2.69. The van der Waals surface area contributed by atoms with Crippen LogP contribution in [0.2, 0.25) is 0 Å². The number of nitrogens with one attached hydrogen (secondary N) is 1. The number of amides is 2. The number of rotatable bonds is 3. The van der Waals surface area contributed by atoms with Crippen LogP contribution in [0.3, 0.4) is 0 Å². The Hall–Kier alpha value is -1.85. The SMILES string of the molecule is CCC1NC(=O)CCN(Cc2cnn(C)c2)C1=O. The minimum absolute atomic E-state index is 0.00722. The Balaban J connectivity index is 2.10. The van der Waals surface area contributed by atoms with E-state index in [1.54, 1.807) is 15.8 Å². The van der Waals surface area contributed by atoms with E-state index in [-0.39, 0.29) is 11.8 Å². The number of aryl methyl sites for hydroxylation is 1. The van der Waals surface area contributed by atoms with Crippen molar-refractivity contribution in [3.63, 3.8) is 0 Å². The molecule has 0 saturated carbocycles. The summed E-state index contributed by atoms with van der Waals surface area (Å²) in [6.07, 6.45) is 4.61. The van der Waals surface area contributed by atoms with E-state index in [2.05, 4.69) is 10.4 Å². The van der Waals surface area contributed by atoms with Crippen LogP contribution >= 0.6 is 0 Å². The van der Waals surface area contributed by atoms with E-state index in [1.165, 1.54) is 0 Å². The Bertz CT molecular complexity index is 455. The fourth-order valence-electron chi connectivity index (χ4n) is 2.10. The highest BCUT2D eigenvalue weighted by atomic mass is 16.2. The summed E-state index contributed by atoms with van der Waals surface area (Å²) in [5.41, 5.74) is 0.982. The molecule has 0 bridgehead atoms. The molecule has 1 atom stereocenters. The van der Waals surface area contributed by atoms with E-state index >= 15 is 0 Å². The third-order valence-corrected chi connectivity index (χ3v) is 3.09. The molecule has 1 unspecified atom stereocenters. The summed E-state index contributed by atoms with van der Waals surface area (Å²) in [5, 5.41) is 6.83. The fraction of sp³-hybridized carbons (Fsp3) is 0.583. The van der Waals surface area contributed by atoms with Crippen LogP contribution in [-0.4, -0.2) is 39.1 Å². The first-order valence-corrected chi connectivity index (χ1v) is 6.16. The zero-order valence-electron chi connectivity index (χ0n) is 10.7. The molecule has 1 aliphatic rings. The highest BCUT2D eigenvalue weighted by Gasteiger charge is 2.28. The van der Waals surface area contributed by atoms with Gasteiger partial charge in [-0.15, -0.1) is 0 Å². The first kappa shape index (κ1) is 12.6. The Morgan fingerprint density at radius 1 is 1.50 bits per heavy atom. The second kappa shape index (κ2) is 5.20. The third-order valence-electron chi connectivity index (χ3n) is 3.09. The average Bonchev–Trinajstić information content (AvgIpc) is 2.70. The quantitative estimate of drug-likeness (QED) is 0.824. The maximum Gasteiger partial charge on any atom is 0.245 e. The molecule has 6 nitrogen and oxygen atoms in total. The average molecular weight is 250 g/mol. The molecule has 1 aromatic rings. The molecule has 0 aromatic carbocycles. The van der Waals surface area contributed by atoms with Gasteiger partial charge in [0.25, 0.3) is 0 Å². The lowest BCUT2D eigenvalue weighted by molar-refractivity contribution is -0.134. The van der Waals surface area contributed by atoms with Crippen LogP contribution in [0.15, 0.2) is 12.4 Å². The van der Waals surface area contributed by atoms with Gasteiger partial charge in [-0.3, -0.25) is 14.3 Å². The number of carbonyl (C=O) groups excluding carboxylic acids is 2. The molecular formula is C12H18N4O2. The van der Waals surface area contributed by atoms with E-state index in [0.29, 0.717) is 25.9 Å². The summed E-state index contributed by atoms with van der Waals surface area (Å²) in [6.45, 7) is 2.88. The number of nitrogens with zero attached hydrogens (tertiary/aromatic N) is 3. The minimum Gasteiger partial charge on any atom is -0.344 e. The largest absolute Gasteiger partial charge is 0.344 e. The summed E-state index contributed by atoms with van der Waals surface area (Å²) < 4.78 is 1.71. The van der Waals surface area contributed by atoms with E-state index in [4.69, 9.17) is 0 Å². The van der Waals surface area contributed by atoms with Gasteiger partial charge in [0.1, 0.15) is 6.04 Å². The first-order chi connectivity index (χ1) is 8.60. The second-order valence-corrected chi connectivity index (χ2v) is 4.56. The predicted octanol–water partition coefficient (Wildman–Crippen LogP) is 0.0472. The van der Waals surface area contributed by atoms with Crippen LogP contribution in [0, 0.1) is 0 Å². The zero-order valence-corrected chi connectivity index (χ0v) is 10.7. The van der Waals surface area contributed by atoms with Crippen LogP contribution in [0.1, 0.15) is 25.3 Å². The fourth-order valence-corrected chi connectivity index (χ4v) is 2.10. The molecule has 0 spiro atoms. The van der Waals surface area contributed by atoms with Crippen LogP contribution in [-0.2, 0) is 23.2 Å². The Labute approximate surface area is 106 Å². The maximum atomic E-state index is 12.2. The lowest BCUT2D eigenvalue weighted by atomic mass is 10.2. The molecule has 0 radical (unpaired) electrons. The number of hydrogen-bond acceptors (Lipinski definition) is 3. The first-order valence-electron chi connectivity index (χ1n) is 6.16. The Kier molecular flexibility index (Phi) is 3.64. The van der Waals surface area contributed by atoms with Gasteiger partial charge in [-0.05, 0) is 6.42 Å². The predicted molar refractivity (Wildman–Crippen MR) is 65.5 cm³/mol. The van der Waals surface area contributed by atoms with Crippen LogP contribution in [0.4, 0.5) is 0 Å². The molecule has 18 heavy (non-hydrogen) atoms. The summed E-state index contributed by atoms with van der Waals surface area (Å²) >= 11 is 0. The molecule has 1 aliphatic heterocycles. The highest BCUT2D eigenvalue weighted by Crippen LogP contribution is 2.10. The van der Waals surface area contributed by atoms with E-state index in [9.17, 15) is 9.59 Å². The molecule has 0 aliphatic carbocycles. The van der Waals surface area contributed by atoms with Gasteiger partial charge in [-0.1, -0.05) is 6.92 Å². The molecule has 1 aromatic heterocycles. The molecule has 1 saturated heterocycles. The van der Waals surface area contributed by atoms with Crippen molar-refractivity contribution in [2.75, 3.05) is 6.54 Å². The van der Waals surface area contributed by atoms with Crippen molar-refractivity contribution < 1.29 is 9.59 Å². The summed E-state index contributed by atoms with van der Waals surface area (Å²) in [7, 11) is 1.84. The summed E-state index contributed by atoms with van der Waals surface area (Å²) in [5.74, 6) is -0.0592. The highest BCUT2D eigenvalue weighted by molar-refractivity contribution is 5.89. The molecule has 6 heteroatoms. The summed E-state index contributed by atoms with van der Waals surface area (Å²) in [6, 6.07) is -0.392. The van der Waals surface area contributed by atoms with Gasteiger partial charge < -0.3 is 10.2 Å². The van der Waals surface area contributed by atoms with Crippen molar-refractivity contribution >= 4 is 11.8 Å². The van der Waals surface area contributed by atoms with Crippen molar-refractivity contribution in [1.82, 2.24) is 20.0 Å². The molecule has 2 rings (SSSR count). The van der Waals surface area contributed by atoms with Gasteiger partial charge in [0.2, 0.25) is 11.8 Å².